The maximum Gasteiger partial charge on any atom is 0.228 e. The first-order valence-electron chi connectivity index (χ1n) is 9.37. The van der Waals surface area contributed by atoms with Gasteiger partial charge in [-0.05, 0) is 48.1 Å². The van der Waals surface area contributed by atoms with Gasteiger partial charge >= 0.3 is 0 Å². The van der Waals surface area contributed by atoms with Crippen molar-refractivity contribution >= 4 is 5.91 Å². The van der Waals surface area contributed by atoms with Crippen molar-refractivity contribution in [2.75, 3.05) is 13.2 Å². The number of nitrogens with one attached hydrogen (secondary N) is 1. The number of carbonyl (C=O) groups is 1. The van der Waals surface area contributed by atoms with E-state index in [-0.39, 0.29) is 11.8 Å². The monoisotopic (exact) mass is 352 g/mol. The molecule has 2 aliphatic rings. The predicted molar refractivity (Wildman–Crippen MR) is 98.2 cm³/mol. The number of rotatable bonds is 5. The molecule has 1 aliphatic carbocycles. The third kappa shape index (κ3) is 3.66. The van der Waals surface area contributed by atoms with Crippen LogP contribution >= 0.6 is 0 Å². The molecule has 1 saturated carbocycles. The standard InChI is InChI=1S/C21H24N2O3/c24-21(23-14-15-4-3-9-22-13-15)20(16-5-1-2-6-16)17-7-8-18-19(12-17)26-11-10-25-18/h3-4,7-9,12-13,16,20H,1-2,5-6,10-11,14H2,(H,23,24). The molecule has 0 saturated heterocycles. The molecule has 1 atom stereocenters. The first-order valence-corrected chi connectivity index (χ1v) is 9.37. The molecule has 5 nitrogen and oxygen atoms in total. The first kappa shape index (κ1) is 16.9. The number of hydrogen-bond donors (Lipinski definition) is 1. The number of carbonyl (C=O) groups excluding carboxylic acids is 1. The Morgan fingerprint density at radius 3 is 2.73 bits per heavy atom. The molecule has 2 aromatic rings. The summed E-state index contributed by atoms with van der Waals surface area (Å²) in [5.41, 5.74) is 2.03. The summed E-state index contributed by atoms with van der Waals surface area (Å²) in [6.07, 6.45) is 8.11. The molecule has 1 aromatic heterocycles. The lowest BCUT2D eigenvalue weighted by atomic mass is 9.84. The summed E-state index contributed by atoms with van der Waals surface area (Å²) < 4.78 is 11.3. The van der Waals surface area contributed by atoms with Gasteiger partial charge in [-0.15, -0.1) is 0 Å². The van der Waals surface area contributed by atoms with Gasteiger partial charge in [-0.3, -0.25) is 9.78 Å². The zero-order chi connectivity index (χ0) is 17.8. The van der Waals surface area contributed by atoms with E-state index in [1.54, 1.807) is 12.4 Å². The molecule has 2 heterocycles. The van der Waals surface area contributed by atoms with Crippen LogP contribution in [0.3, 0.4) is 0 Å². The fourth-order valence-corrected chi connectivity index (χ4v) is 3.98. The van der Waals surface area contributed by atoms with Crippen LogP contribution in [0.15, 0.2) is 42.7 Å². The van der Waals surface area contributed by atoms with E-state index in [9.17, 15) is 4.79 Å². The normalized spacial score (nSPS) is 17.7. The van der Waals surface area contributed by atoms with E-state index < -0.39 is 0 Å². The Labute approximate surface area is 153 Å². The van der Waals surface area contributed by atoms with Gasteiger partial charge in [0, 0.05) is 18.9 Å². The van der Waals surface area contributed by atoms with Crippen LogP contribution in [0.25, 0.3) is 0 Å². The minimum absolute atomic E-state index is 0.0810. The topological polar surface area (TPSA) is 60.5 Å². The van der Waals surface area contributed by atoms with E-state index in [2.05, 4.69) is 10.3 Å². The van der Waals surface area contributed by atoms with Crippen molar-refractivity contribution in [1.82, 2.24) is 10.3 Å². The minimum Gasteiger partial charge on any atom is -0.486 e. The summed E-state index contributed by atoms with van der Waals surface area (Å²) in [7, 11) is 0. The summed E-state index contributed by atoms with van der Waals surface area (Å²) in [5, 5.41) is 3.10. The van der Waals surface area contributed by atoms with Crippen LogP contribution in [0.4, 0.5) is 0 Å². The van der Waals surface area contributed by atoms with Gasteiger partial charge in [0.05, 0.1) is 5.92 Å². The van der Waals surface area contributed by atoms with Gasteiger partial charge in [0.1, 0.15) is 13.2 Å². The molecular weight excluding hydrogens is 328 g/mol. The van der Waals surface area contributed by atoms with Crippen LogP contribution in [0.2, 0.25) is 0 Å². The van der Waals surface area contributed by atoms with Crippen LogP contribution in [0.5, 0.6) is 11.5 Å². The van der Waals surface area contributed by atoms with Crippen LogP contribution in [-0.2, 0) is 11.3 Å². The smallest absolute Gasteiger partial charge is 0.228 e. The van der Waals surface area contributed by atoms with Crippen molar-refractivity contribution in [2.45, 2.75) is 38.1 Å². The molecule has 1 N–H and O–H groups in total. The Morgan fingerprint density at radius 2 is 1.96 bits per heavy atom. The Bertz CT molecular complexity index is 757. The van der Waals surface area contributed by atoms with Gasteiger partial charge in [-0.25, -0.2) is 0 Å². The number of benzene rings is 1. The highest BCUT2D eigenvalue weighted by Gasteiger charge is 2.32. The fraction of sp³-hybridized carbons (Fsp3) is 0.429. The second-order valence-electron chi connectivity index (χ2n) is 7.00. The third-order valence-corrected chi connectivity index (χ3v) is 5.27. The maximum atomic E-state index is 13.1. The summed E-state index contributed by atoms with van der Waals surface area (Å²) in [5.74, 6) is 1.83. The van der Waals surface area contributed by atoms with Gasteiger partial charge in [0.2, 0.25) is 5.91 Å². The van der Waals surface area contributed by atoms with Crippen LogP contribution < -0.4 is 14.8 Å². The Kier molecular flexibility index (Phi) is 5.04. The Balaban J connectivity index is 1.55. The van der Waals surface area contributed by atoms with Gasteiger partial charge in [0.15, 0.2) is 11.5 Å². The maximum absolute atomic E-state index is 13.1. The SMILES string of the molecule is O=C(NCc1cccnc1)C(c1ccc2c(c1)OCCO2)C1CCCC1. The van der Waals surface area contributed by atoms with Gasteiger partial charge in [-0.2, -0.15) is 0 Å². The highest BCUT2D eigenvalue weighted by atomic mass is 16.6. The third-order valence-electron chi connectivity index (χ3n) is 5.27. The zero-order valence-electron chi connectivity index (χ0n) is 14.8. The number of fused-ring (bicyclic) bond motifs is 1. The van der Waals surface area contributed by atoms with Crippen LogP contribution in [-0.4, -0.2) is 24.1 Å². The molecule has 4 rings (SSSR count). The lowest BCUT2D eigenvalue weighted by molar-refractivity contribution is -0.123. The molecule has 1 aromatic carbocycles. The fourth-order valence-electron chi connectivity index (χ4n) is 3.98. The lowest BCUT2D eigenvalue weighted by Crippen LogP contribution is -2.32. The second-order valence-corrected chi connectivity index (χ2v) is 7.00. The number of aromatic nitrogens is 1. The van der Waals surface area contributed by atoms with Gasteiger partial charge < -0.3 is 14.8 Å². The molecule has 1 aliphatic heterocycles. The van der Waals surface area contributed by atoms with E-state index in [0.717, 1.165) is 35.5 Å². The van der Waals surface area contributed by atoms with Crippen LogP contribution in [0.1, 0.15) is 42.7 Å². The zero-order valence-corrected chi connectivity index (χ0v) is 14.8. The number of ether oxygens (including phenoxy) is 2. The van der Waals surface area contributed by atoms with Crippen LogP contribution in [0, 0.1) is 5.92 Å². The highest BCUT2D eigenvalue weighted by molar-refractivity contribution is 5.84. The van der Waals surface area contributed by atoms with Crippen molar-refractivity contribution in [3.63, 3.8) is 0 Å². The van der Waals surface area contributed by atoms with Crippen molar-refractivity contribution in [2.24, 2.45) is 5.92 Å². The average Bonchev–Trinajstić information content (AvgIpc) is 3.21. The lowest BCUT2D eigenvalue weighted by Gasteiger charge is -2.25. The molecule has 0 radical (unpaired) electrons. The quantitative estimate of drug-likeness (QED) is 0.895. The first-order chi connectivity index (χ1) is 12.8. The Hall–Kier alpha value is -2.56. The molecule has 5 heteroatoms. The largest absolute Gasteiger partial charge is 0.486 e. The molecule has 0 bridgehead atoms. The summed E-state index contributed by atoms with van der Waals surface area (Å²) >= 11 is 0. The summed E-state index contributed by atoms with van der Waals surface area (Å²) in [4.78, 5) is 17.2. The summed E-state index contributed by atoms with van der Waals surface area (Å²) in [6, 6.07) is 9.79. The molecule has 1 amide bonds. The molecule has 0 spiro atoms. The predicted octanol–water partition coefficient (Wildman–Crippen LogP) is 3.44. The van der Waals surface area contributed by atoms with E-state index in [4.69, 9.17) is 9.47 Å². The van der Waals surface area contributed by atoms with Crippen molar-refractivity contribution in [3.05, 3.63) is 53.9 Å². The highest BCUT2D eigenvalue weighted by Crippen LogP contribution is 2.40. The summed E-state index contributed by atoms with van der Waals surface area (Å²) in [6.45, 7) is 1.63. The molecule has 1 fully saturated rings. The van der Waals surface area contributed by atoms with Crippen molar-refractivity contribution < 1.29 is 14.3 Å². The average molecular weight is 352 g/mol. The molecule has 1 unspecified atom stereocenters. The van der Waals surface area contributed by atoms with E-state index in [0.29, 0.717) is 25.7 Å². The number of nitrogens with zero attached hydrogens (tertiary/aromatic N) is 1. The Morgan fingerprint density at radius 1 is 1.15 bits per heavy atom. The molecular formula is C21H24N2O3. The number of hydrogen-bond acceptors (Lipinski definition) is 4. The number of amides is 1. The molecule has 26 heavy (non-hydrogen) atoms. The van der Waals surface area contributed by atoms with Crippen molar-refractivity contribution in [3.8, 4) is 11.5 Å². The number of pyridine rings is 1. The second kappa shape index (κ2) is 7.77. The van der Waals surface area contributed by atoms with E-state index in [1.165, 1.54) is 12.8 Å². The minimum atomic E-state index is -0.148. The van der Waals surface area contributed by atoms with Gasteiger partial charge in [-0.1, -0.05) is 25.0 Å². The molecule has 136 valence electrons. The van der Waals surface area contributed by atoms with Crippen molar-refractivity contribution in [1.29, 1.82) is 0 Å². The van der Waals surface area contributed by atoms with E-state index >= 15 is 0 Å². The van der Waals surface area contributed by atoms with E-state index in [1.807, 2.05) is 30.3 Å². The van der Waals surface area contributed by atoms with Gasteiger partial charge in [0.25, 0.3) is 0 Å².